The number of aromatic nitrogens is 3. The molecule has 3 aromatic carbocycles. The van der Waals surface area contributed by atoms with Crippen molar-refractivity contribution in [3.8, 4) is 17.2 Å². The topological polar surface area (TPSA) is 96.3 Å². The molecule has 4 atom stereocenters. The van der Waals surface area contributed by atoms with E-state index in [1.807, 2.05) is 57.2 Å². The van der Waals surface area contributed by atoms with Crippen LogP contribution in [-0.2, 0) is 23.2 Å². The van der Waals surface area contributed by atoms with Crippen LogP contribution in [0.4, 0.5) is 0 Å². The van der Waals surface area contributed by atoms with Gasteiger partial charge in [-0.3, -0.25) is 9.69 Å². The predicted octanol–water partition coefficient (Wildman–Crippen LogP) is 6.20. The lowest BCUT2D eigenvalue weighted by molar-refractivity contribution is -0.132. The Bertz CT molecular complexity index is 1850. The minimum absolute atomic E-state index is 0.0350. The molecule has 1 saturated heterocycles. The van der Waals surface area contributed by atoms with E-state index in [0.29, 0.717) is 31.2 Å². The number of carbonyl (C=O) groups excluding carboxylic acids is 1. The molecular formula is C36H37N5O3. The number of carbonyl (C=O) groups is 1. The summed E-state index contributed by atoms with van der Waals surface area (Å²) in [5, 5.41) is 13.5. The fraction of sp³-hybridized carbons (Fsp3) is 0.361. The van der Waals surface area contributed by atoms with E-state index in [1.54, 1.807) is 0 Å². The minimum Gasteiger partial charge on any atom is -0.493 e. The fourth-order valence-electron chi connectivity index (χ4n) is 8.15. The summed E-state index contributed by atoms with van der Waals surface area (Å²) in [5.74, 6) is 1.64. The van der Waals surface area contributed by atoms with E-state index in [-0.39, 0.29) is 29.3 Å². The number of nitrogens with one attached hydrogen (secondary N) is 2. The third-order valence-electron chi connectivity index (χ3n) is 9.70. The van der Waals surface area contributed by atoms with Crippen molar-refractivity contribution in [3.05, 3.63) is 102 Å². The quantitative estimate of drug-likeness (QED) is 0.254. The number of aromatic amines is 1. The predicted molar refractivity (Wildman–Crippen MR) is 168 cm³/mol. The fourth-order valence-corrected chi connectivity index (χ4v) is 8.15. The molecule has 1 fully saturated rings. The first-order valence-electron chi connectivity index (χ1n) is 15.6. The van der Waals surface area contributed by atoms with Gasteiger partial charge in [-0.05, 0) is 63.4 Å². The first kappa shape index (κ1) is 27.1. The van der Waals surface area contributed by atoms with Crippen LogP contribution < -0.4 is 10.1 Å². The molecule has 3 aliphatic rings. The largest absolute Gasteiger partial charge is 0.493 e. The third-order valence-corrected chi connectivity index (χ3v) is 9.70. The van der Waals surface area contributed by atoms with Crippen molar-refractivity contribution < 1.29 is 13.9 Å². The number of amides is 1. The zero-order chi connectivity index (χ0) is 30.1. The summed E-state index contributed by atoms with van der Waals surface area (Å²) in [6, 6.07) is 26.7. The maximum Gasteiger partial charge on any atom is 0.247 e. The van der Waals surface area contributed by atoms with Crippen LogP contribution in [-0.4, -0.2) is 44.7 Å². The van der Waals surface area contributed by atoms with Crippen molar-refractivity contribution in [2.75, 3.05) is 13.2 Å². The van der Waals surface area contributed by atoms with Crippen LogP contribution in [0.5, 0.6) is 5.75 Å². The van der Waals surface area contributed by atoms with E-state index in [2.05, 4.69) is 67.9 Å². The summed E-state index contributed by atoms with van der Waals surface area (Å²) >= 11 is 0. The Morgan fingerprint density at radius 3 is 2.64 bits per heavy atom. The van der Waals surface area contributed by atoms with Gasteiger partial charge in [-0.15, -0.1) is 10.2 Å². The van der Waals surface area contributed by atoms with Crippen molar-refractivity contribution >= 4 is 16.8 Å². The van der Waals surface area contributed by atoms with Gasteiger partial charge in [0.1, 0.15) is 5.75 Å². The van der Waals surface area contributed by atoms with Crippen LogP contribution in [0.3, 0.4) is 0 Å². The van der Waals surface area contributed by atoms with Gasteiger partial charge in [0.15, 0.2) is 0 Å². The molecule has 0 spiro atoms. The van der Waals surface area contributed by atoms with Gasteiger partial charge in [-0.25, -0.2) is 0 Å². The molecular weight excluding hydrogens is 550 g/mol. The molecule has 3 aliphatic heterocycles. The maximum absolute atomic E-state index is 14.7. The van der Waals surface area contributed by atoms with E-state index >= 15 is 0 Å². The van der Waals surface area contributed by atoms with Crippen molar-refractivity contribution in [1.29, 1.82) is 0 Å². The van der Waals surface area contributed by atoms with Gasteiger partial charge in [-0.2, -0.15) is 0 Å². The van der Waals surface area contributed by atoms with Crippen molar-refractivity contribution in [2.24, 2.45) is 11.8 Å². The zero-order valence-corrected chi connectivity index (χ0v) is 25.3. The lowest BCUT2D eigenvalue weighted by Crippen LogP contribution is -2.56. The van der Waals surface area contributed by atoms with Gasteiger partial charge < -0.3 is 19.5 Å². The Kier molecular flexibility index (Phi) is 6.20. The van der Waals surface area contributed by atoms with E-state index in [0.717, 1.165) is 41.1 Å². The standard InChI is InChI=1S/C36H37N5O3/c1-35(2,3)38-33(42)30-26-21-43-28-16-10-8-14-25(28)31(26)41-20-18-24-23-13-7-9-15-27(23)37-32(24)36(30,41)19-17-29-39-40-34(44-29)22-11-5-4-6-12-22/h4-16,26,30-31,37H,17-21H2,1-3H3,(H,38,42)/t26-,30+,31-,36+/m0/s1. The van der Waals surface area contributed by atoms with Crippen LogP contribution in [0, 0.1) is 11.8 Å². The summed E-state index contributed by atoms with van der Waals surface area (Å²) in [5.41, 5.74) is 4.56. The molecule has 224 valence electrons. The molecule has 8 rings (SSSR count). The van der Waals surface area contributed by atoms with Crippen LogP contribution in [0.1, 0.15) is 55.9 Å². The molecule has 5 heterocycles. The van der Waals surface area contributed by atoms with E-state index < -0.39 is 5.54 Å². The highest BCUT2D eigenvalue weighted by Crippen LogP contribution is 2.62. The Balaban J connectivity index is 1.30. The number of aryl methyl sites for hydroxylation is 1. The van der Waals surface area contributed by atoms with Gasteiger partial charge in [0, 0.05) is 58.2 Å². The summed E-state index contributed by atoms with van der Waals surface area (Å²) in [4.78, 5) is 21.1. The molecule has 2 N–H and O–H groups in total. The van der Waals surface area contributed by atoms with E-state index in [9.17, 15) is 4.79 Å². The third kappa shape index (κ3) is 4.19. The van der Waals surface area contributed by atoms with Gasteiger partial charge >= 0.3 is 0 Å². The average molecular weight is 588 g/mol. The van der Waals surface area contributed by atoms with Gasteiger partial charge in [-0.1, -0.05) is 54.6 Å². The lowest BCUT2D eigenvalue weighted by Gasteiger charge is -2.47. The summed E-state index contributed by atoms with van der Waals surface area (Å²) in [7, 11) is 0. The smallest absolute Gasteiger partial charge is 0.247 e. The van der Waals surface area contributed by atoms with Gasteiger partial charge in [0.25, 0.3) is 0 Å². The molecule has 44 heavy (non-hydrogen) atoms. The SMILES string of the molecule is CC(C)(C)NC(=O)[C@H]1[C@@H]2COc3ccccc3[C@@H]2N2CCc3c([nH]c4ccccc34)[C@@]12CCc1nnc(-c2ccccc2)o1. The second-order valence-corrected chi connectivity index (χ2v) is 13.4. The Hall–Kier alpha value is -4.43. The molecule has 5 aromatic rings. The van der Waals surface area contributed by atoms with Crippen molar-refractivity contribution in [1.82, 2.24) is 25.4 Å². The number of H-pyrrole nitrogens is 1. The molecule has 0 unspecified atom stereocenters. The van der Waals surface area contributed by atoms with Crippen molar-refractivity contribution in [2.45, 2.75) is 57.2 Å². The molecule has 0 radical (unpaired) electrons. The molecule has 0 saturated carbocycles. The lowest BCUT2D eigenvalue weighted by atomic mass is 9.70. The molecule has 8 heteroatoms. The second kappa shape index (κ2) is 10.1. The summed E-state index contributed by atoms with van der Waals surface area (Å²) in [6.07, 6.45) is 2.08. The Morgan fingerprint density at radius 2 is 1.80 bits per heavy atom. The Labute approximate surface area is 256 Å². The molecule has 8 nitrogen and oxygen atoms in total. The van der Waals surface area contributed by atoms with Gasteiger partial charge in [0.05, 0.1) is 18.1 Å². The normalized spacial score (nSPS) is 24.2. The van der Waals surface area contributed by atoms with Crippen LogP contribution >= 0.6 is 0 Å². The highest BCUT2D eigenvalue weighted by molar-refractivity contribution is 5.88. The molecule has 1 amide bonds. The molecule has 0 aliphatic carbocycles. The monoisotopic (exact) mass is 587 g/mol. The van der Waals surface area contributed by atoms with Crippen molar-refractivity contribution in [3.63, 3.8) is 0 Å². The summed E-state index contributed by atoms with van der Waals surface area (Å²) < 4.78 is 12.6. The zero-order valence-electron chi connectivity index (χ0n) is 25.3. The first-order valence-corrected chi connectivity index (χ1v) is 15.6. The highest BCUT2D eigenvalue weighted by atomic mass is 16.5. The van der Waals surface area contributed by atoms with Crippen LogP contribution in [0.2, 0.25) is 0 Å². The highest BCUT2D eigenvalue weighted by Gasteiger charge is 2.65. The minimum atomic E-state index is -0.639. The molecule has 2 aromatic heterocycles. The maximum atomic E-state index is 14.7. The number of benzene rings is 3. The summed E-state index contributed by atoms with van der Waals surface area (Å²) in [6.45, 7) is 7.47. The van der Waals surface area contributed by atoms with Gasteiger partial charge in [0.2, 0.25) is 17.7 Å². The first-order chi connectivity index (χ1) is 21.3. The number of ether oxygens (including phenoxy) is 1. The molecule has 0 bridgehead atoms. The average Bonchev–Trinajstić information content (AvgIpc) is 3.72. The second-order valence-electron chi connectivity index (χ2n) is 13.4. The number of rotatable bonds is 5. The number of fused-ring (bicyclic) bond motifs is 9. The number of hydrogen-bond acceptors (Lipinski definition) is 6. The number of para-hydroxylation sites is 2. The van der Waals surface area contributed by atoms with Crippen LogP contribution in [0.15, 0.2) is 83.3 Å². The number of nitrogens with zero attached hydrogens (tertiary/aromatic N) is 3. The van der Waals surface area contributed by atoms with Crippen LogP contribution in [0.25, 0.3) is 22.4 Å². The van der Waals surface area contributed by atoms with E-state index in [1.165, 1.54) is 10.9 Å². The van der Waals surface area contributed by atoms with E-state index in [4.69, 9.17) is 9.15 Å². The Morgan fingerprint density at radius 1 is 1.02 bits per heavy atom. The number of hydrogen-bond donors (Lipinski definition) is 2.